The molecule has 2 heterocycles. The molecule has 1 amide bonds. The van der Waals surface area contributed by atoms with Crippen LogP contribution in [-0.4, -0.2) is 49.8 Å². The first kappa shape index (κ1) is 16.1. The molecule has 0 aromatic heterocycles. The fraction of sp³-hybridized carbons (Fsp3) is 0.632. The number of ether oxygens (including phenoxy) is 2. The van der Waals surface area contributed by atoms with Gasteiger partial charge in [-0.05, 0) is 42.9 Å². The highest BCUT2D eigenvalue weighted by Gasteiger charge is 2.52. The number of carbonyl (C=O) groups excluding carboxylic acids is 1. The zero-order valence-electron chi connectivity index (χ0n) is 14.6. The van der Waals surface area contributed by atoms with Gasteiger partial charge in [0.25, 0.3) is 5.91 Å². The first-order valence-corrected chi connectivity index (χ1v) is 8.91. The lowest BCUT2D eigenvalue weighted by atomic mass is 9.88. The smallest absolute Gasteiger partial charge is 0.255 e. The molecule has 0 unspecified atom stereocenters. The molecule has 0 radical (unpaired) electrons. The maximum absolute atomic E-state index is 12.8. The van der Waals surface area contributed by atoms with Crippen molar-refractivity contribution in [3.05, 3.63) is 34.4 Å². The molecule has 1 aromatic rings. The van der Waals surface area contributed by atoms with Crippen LogP contribution in [0.25, 0.3) is 0 Å². The standard InChI is InChI=1S/C19H26N2O3/c1-13-9-14-11-21(18(22)19(23-2)4-5-19)7-3-15(14)16(10-13)17-12-24-8-6-20-17/h9-10,17,20H,3-8,11-12H2,1-2H3/t17-/m0/s1. The SMILES string of the molecule is COC1(C(=O)N2CCc3c(cc(C)cc3[C@@H]3COCCN3)C2)CC1. The highest BCUT2D eigenvalue weighted by molar-refractivity contribution is 5.88. The van der Waals surface area contributed by atoms with Crippen molar-refractivity contribution in [3.63, 3.8) is 0 Å². The minimum Gasteiger partial charge on any atom is -0.378 e. The van der Waals surface area contributed by atoms with Gasteiger partial charge in [0.1, 0.15) is 5.60 Å². The number of benzene rings is 1. The summed E-state index contributed by atoms with van der Waals surface area (Å²) in [7, 11) is 1.65. The molecule has 1 saturated carbocycles. The number of fused-ring (bicyclic) bond motifs is 1. The third kappa shape index (κ3) is 2.75. The van der Waals surface area contributed by atoms with Crippen LogP contribution in [0.2, 0.25) is 0 Å². The van der Waals surface area contributed by atoms with Gasteiger partial charge in [0.2, 0.25) is 0 Å². The summed E-state index contributed by atoms with van der Waals surface area (Å²) < 4.78 is 11.1. The molecule has 24 heavy (non-hydrogen) atoms. The number of nitrogens with one attached hydrogen (secondary N) is 1. The molecule has 5 heteroatoms. The van der Waals surface area contributed by atoms with Crippen molar-refractivity contribution in [2.75, 3.05) is 33.4 Å². The number of amides is 1. The van der Waals surface area contributed by atoms with Crippen molar-refractivity contribution in [3.8, 4) is 0 Å². The average molecular weight is 330 g/mol. The summed E-state index contributed by atoms with van der Waals surface area (Å²) in [6.07, 6.45) is 2.62. The minimum atomic E-state index is -0.525. The topological polar surface area (TPSA) is 50.8 Å². The summed E-state index contributed by atoms with van der Waals surface area (Å²) >= 11 is 0. The second-order valence-electron chi connectivity index (χ2n) is 7.25. The molecule has 5 nitrogen and oxygen atoms in total. The van der Waals surface area contributed by atoms with Crippen LogP contribution in [0.15, 0.2) is 12.1 Å². The number of aryl methyl sites for hydroxylation is 1. The fourth-order valence-electron chi connectivity index (χ4n) is 4.06. The average Bonchev–Trinajstić information content (AvgIpc) is 3.42. The van der Waals surface area contributed by atoms with Gasteiger partial charge in [-0.25, -0.2) is 0 Å². The maximum Gasteiger partial charge on any atom is 0.255 e. The molecule has 4 rings (SSSR count). The largest absolute Gasteiger partial charge is 0.378 e. The van der Waals surface area contributed by atoms with Crippen molar-refractivity contribution < 1.29 is 14.3 Å². The molecule has 0 bridgehead atoms. The Hall–Kier alpha value is -1.43. The van der Waals surface area contributed by atoms with E-state index in [9.17, 15) is 4.79 Å². The molecule has 0 spiro atoms. The molecule has 2 fully saturated rings. The highest BCUT2D eigenvalue weighted by Crippen LogP contribution is 2.41. The summed E-state index contributed by atoms with van der Waals surface area (Å²) in [5.41, 5.74) is 4.75. The van der Waals surface area contributed by atoms with Crippen LogP contribution in [0.4, 0.5) is 0 Å². The van der Waals surface area contributed by atoms with E-state index in [-0.39, 0.29) is 11.9 Å². The zero-order valence-corrected chi connectivity index (χ0v) is 14.6. The molecule has 3 aliphatic rings. The first-order valence-electron chi connectivity index (χ1n) is 8.91. The Morgan fingerprint density at radius 3 is 2.92 bits per heavy atom. The van der Waals surface area contributed by atoms with Gasteiger partial charge in [0.05, 0.1) is 19.3 Å². The van der Waals surface area contributed by atoms with Crippen molar-refractivity contribution in [1.82, 2.24) is 10.2 Å². The van der Waals surface area contributed by atoms with Crippen LogP contribution >= 0.6 is 0 Å². The molecule has 2 aliphatic heterocycles. The van der Waals surface area contributed by atoms with E-state index < -0.39 is 5.60 Å². The molecular formula is C19H26N2O3. The lowest BCUT2D eigenvalue weighted by Gasteiger charge is -2.35. The van der Waals surface area contributed by atoms with Gasteiger partial charge in [0, 0.05) is 26.7 Å². The first-order chi connectivity index (χ1) is 11.6. The third-order valence-electron chi connectivity index (χ3n) is 5.58. The Labute approximate surface area is 143 Å². The molecule has 1 N–H and O–H groups in total. The van der Waals surface area contributed by atoms with E-state index in [4.69, 9.17) is 9.47 Å². The predicted octanol–water partition coefficient (Wildman–Crippen LogP) is 1.72. The number of hydrogen-bond acceptors (Lipinski definition) is 4. The zero-order chi connectivity index (χ0) is 16.7. The van der Waals surface area contributed by atoms with Gasteiger partial charge in [-0.15, -0.1) is 0 Å². The molecule has 1 atom stereocenters. The number of rotatable bonds is 3. The minimum absolute atomic E-state index is 0.165. The van der Waals surface area contributed by atoms with E-state index in [1.54, 1.807) is 7.11 Å². The Morgan fingerprint density at radius 1 is 1.42 bits per heavy atom. The maximum atomic E-state index is 12.8. The summed E-state index contributed by atoms with van der Waals surface area (Å²) in [5, 5.41) is 3.56. The van der Waals surface area contributed by atoms with E-state index >= 15 is 0 Å². The van der Waals surface area contributed by atoms with Crippen LogP contribution in [0.3, 0.4) is 0 Å². The van der Waals surface area contributed by atoms with E-state index in [0.29, 0.717) is 6.54 Å². The summed E-state index contributed by atoms with van der Waals surface area (Å²) in [6.45, 7) is 6.01. The molecule has 1 aliphatic carbocycles. The van der Waals surface area contributed by atoms with E-state index in [1.807, 2.05) is 4.90 Å². The number of nitrogens with zero attached hydrogens (tertiary/aromatic N) is 1. The van der Waals surface area contributed by atoms with Gasteiger partial charge in [-0.3, -0.25) is 4.79 Å². The highest BCUT2D eigenvalue weighted by atomic mass is 16.5. The van der Waals surface area contributed by atoms with Crippen LogP contribution in [0.5, 0.6) is 0 Å². The van der Waals surface area contributed by atoms with Gasteiger partial charge < -0.3 is 19.7 Å². The van der Waals surface area contributed by atoms with Crippen molar-refractivity contribution >= 4 is 5.91 Å². The second kappa shape index (κ2) is 6.14. The molecule has 130 valence electrons. The van der Waals surface area contributed by atoms with Gasteiger partial charge >= 0.3 is 0 Å². The number of hydrogen-bond donors (Lipinski definition) is 1. The molecule has 1 aromatic carbocycles. The summed E-state index contributed by atoms with van der Waals surface area (Å²) in [4.78, 5) is 14.7. The summed E-state index contributed by atoms with van der Waals surface area (Å²) in [5.74, 6) is 0.165. The monoisotopic (exact) mass is 330 g/mol. The second-order valence-corrected chi connectivity index (χ2v) is 7.25. The number of morpholine rings is 1. The van der Waals surface area contributed by atoms with E-state index in [0.717, 1.165) is 45.6 Å². The van der Waals surface area contributed by atoms with Crippen molar-refractivity contribution in [2.45, 2.75) is 44.4 Å². The summed E-state index contributed by atoms with van der Waals surface area (Å²) in [6, 6.07) is 4.78. The van der Waals surface area contributed by atoms with Crippen LogP contribution in [-0.2, 0) is 27.2 Å². The number of carbonyl (C=O) groups is 1. The lowest BCUT2D eigenvalue weighted by Crippen LogP contribution is -2.44. The van der Waals surface area contributed by atoms with Crippen LogP contribution < -0.4 is 5.32 Å². The predicted molar refractivity (Wildman–Crippen MR) is 90.8 cm³/mol. The molecular weight excluding hydrogens is 304 g/mol. The fourth-order valence-corrected chi connectivity index (χ4v) is 4.06. The van der Waals surface area contributed by atoms with Crippen LogP contribution in [0.1, 0.15) is 41.1 Å². The van der Waals surface area contributed by atoms with E-state index in [2.05, 4.69) is 24.4 Å². The Kier molecular flexibility index (Phi) is 4.11. The number of methoxy groups -OCH3 is 1. The molecule has 1 saturated heterocycles. The van der Waals surface area contributed by atoms with Gasteiger partial charge in [0.15, 0.2) is 0 Å². The van der Waals surface area contributed by atoms with Gasteiger partial charge in [-0.2, -0.15) is 0 Å². The Morgan fingerprint density at radius 2 is 2.25 bits per heavy atom. The van der Waals surface area contributed by atoms with E-state index in [1.165, 1.54) is 22.3 Å². The third-order valence-corrected chi connectivity index (χ3v) is 5.58. The van der Waals surface area contributed by atoms with Crippen molar-refractivity contribution in [1.29, 1.82) is 0 Å². The quantitative estimate of drug-likeness (QED) is 0.917. The van der Waals surface area contributed by atoms with Gasteiger partial charge in [-0.1, -0.05) is 17.7 Å². The normalized spacial score (nSPS) is 25.2. The van der Waals surface area contributed by atoms with Crippen LogP contribution in [0, 0.1) is 6.92 Å². The Balaban J connectivity index is 1.60. The Bertz CT molecular complexity index is 648. The lowest BCUT2D eigenvalue weighted by molar-refractivity contribution is -0.145. The van der Waals surface area contributed by atoms with Crippen molar-refractivity contribution in [2.24, 2.45) is 0 Å².